The maximum atomic E-state index is 5.40. The quantitative estimate of drug-likeness (QED) is 0.175. The van der Waals surface area contributed by atoms with Crippen molar-refractivity contribution < 1.29 is 0 Å². The molecule has 8 aromatic carbocycles. The van der Waals surface area contributed by atoms with Crippen LogP contribution in [0.15, 0.2) is 176 Å². The molecule has 0 fully saturated rings. The molecule has 0 N–H and O–H groups in total. The fourth-order valence-corrected chi connectivity index (χ4v) is 9.04. The monoisotopic (exact) mass is 619 g/mol. The summed E-state index contributed by atoms with van der Waals surface area (Å²) in [7, 11) is 0. The van der Waals surface area contributed by atoms with Crippen molar-refractivity contribution >= 4 is 32.4 Å². The largest absolute Gasteiger partial charge is 0.247 e. The molecule has 0 radical (unpaired) electrons. The van der Waals surface area contributed by atoms with Gasteiger partial charge in [0.05, 0.1) is 16.6 Å². The molecular formula is C48H29N. The molecule has 1 spiro atoms. The van der Waals surface area contributed by atoms with Crippen LogP contribution in [0.1, 0.15) is 22.3 Å². The first kappa shape index (κ1) is 26.7. The van der Waals surface area contributed by atoms with Gasteiger partial charge < -0.3 is 0 Å². The first-order valence-electron chi connectivity index (χ1n) is 17.1. The van der Waals surface area contributed by atoms with Gasteiger partial charge >= 0.3 is 0 Å². The van der Waals surface area contributed by atoms with E-state index < -0.39 is 5.41 Å². The number of para-hydroxylation sites is 1. The number of hydrogen-bond donors (Lipinski definition) is 0. The number of aromatic nitrogens is 1. The van der Waals surface area contributed by atoms with Gasteiger partial charge in [0, 0.05) is 16.3 Å². The Balaban J connectivity index is 1.21. The molecule has 0 atom stereocenters. The zero-order valence-corrected chi connectivity index (χ0v) is 26.7. The first-order valence-corrected chi connectivity index (χ1v) is 17.1. The summed E-state index contributed by atoms with van der Waals surface area (Å²) < 4.78 is 0. The Morgan fingerprint density at radius 2 is 0.857 bits per heavy atom. The van der Waals surface area contributed by atoms with Gasteiger partial charge in [-0.25, -0.2) is 4.98 Å². The number of nitrogens with zero attached hydrogens (tertiary/aromatic N) is 1. The van der Waals surface area contributed by atoms with Crippen LogP contribution in [0.3, 0.4) is 0 Å². The minimum absolute atomic E-state index is 0.394. The summed E-state index contributed by atoms with van der Waals surface area (Å²) in [5, 5.41) is 6.13. The lowest BCUT2D eigenvalue weighted by atomic mass is 9.70. The van der Waals surface area contributed by atoms with Crippen molar-refractivity contribution in [3.8, 4) is 44.6 Å². The zero-order chi connectivity index (χ0) is 32.1. The second kappa shape index (κ2) is 9.86. The SMILES string of the molecule is c1ccc2c(c1)-c1ccccc1C21c2ccccc2-c2cc3c(cc21)c(-c1ccc(-c2cccc4ccccc24)cc1)nc1ccccc13. The lowest BCUT2D eigenvalue weighted by Crippen LogP contribution is -2.25. The molecule has 226 valence electrons. The van der Waals surface area contributed by atoms with Crippen molar-refractivity contribution in [2.45, 2.75) is 5.41 Å². The maximum Gasteiger partial charge on any atom is 0.0788 e. The third-order valence-electron chi connectivity index (χ3n) is 11.1. The Labute approximate surface area is 284 Å². The van der Waals surface area contributed by atoms with Gasteiger partial charge in [0.2, 0.25) is 0 Å². The molecule has 2 aliphatic rings. The van der Waals surface area contributed by atoms with Crippen molar-refractivity contribution in [3.63, 3.8) is 0 Å². The van der Waals surface area contributed by atoms with Crippen LogP contribution in [-0.4, -0.2) is 4.98 Å². The van der Waals surface area contributed by atoms with Crippen LogP contribution >= 0.6 is 0 Å². The van der Waals surface area contributed by atoms with Crippen LogP contribution in [-0.2, 0) is 5.41 Å². The molecule has 0 amide bonds. The standard InChI is InChI=1S/C48H29N/c1-2-14-33-30(12-1)13-11-19-34(33)31-24-26-32(27-25-31)47-41-29-45-40(28-39(41)38-18-6-10-23-46(38)49-47)37-17-5-9-22-44(37)48(45)42-20-7-3-15-35(42)36-16-4-8-21-43(36)48/h1-29H. The summed E-state index contributed by atoms with van der Waals surface area (Å²) in [6.07, 6.45) is 0. The van der Waals surface area contributed by atoms with E-state index in [4.69, 9.17) is 4.98 Å². The summed E-state index contributed by atoms with van der Waals surface area (Å²) in [6, 6.07) is 64.8. The smallest absolute Gasteiger partial charge is 0.0788 e. The second-order valence-corrected chi connectivity index (χ2v) is 13.4. The van der Waals surface area contributed by atoms with Crippen LogP contribution in [0.2, 0.25) is 0 Å². The van der Waals surface area contributed by atoms with Gasteiger partial charge in [-0.05, 0) is 90.0 Å². The van der Waals surface area contributed by atoms with Gasteiger partial charge in [0.25, 0.3) is 0 Å². The molecule has 0 unspecified atom stereocenters. The first-order chi connectivity index (χ1) is 24.3. The van der Waals surface area contributed by atoms with Crippen LogP contribution in [0.25, 0.3) is 77.1 Å². The van der Waals surface area contributed by atoms with E-state index in [9.17, 15) is 0 Å². The number of benzene rings is 8. The highest BCUT2D eigenvalue weighted by Crippen LogP contribution is 2.63. The molecule has 0 bridgehead atoms. The summed E-state index contributed by atoms with van der Waals surface area (Å²) in [5.41, 5.74) is 15.9. The summed E-state index contributed by atoms with van der Waals surface area (Å²) in [4.78, 5) is 5.40. The number of fused-ring (bicyclic) bond motifs is 14. The molecule has 1 aromatic heterocycles. The fourth-order valence-electron chi connectivity index (χ4n) is 9.04. The summed E-state index contributed by atoms with van der Waals surface area (Å²) >= 11 is 0. The molecule has 49 heavy (non-hydrogen) atoms. The third kappa shape index (κ3) is 3.51. The molecule has 1 heterocycles. The van der Waals surface area contributed by atoms with Crippen LogP contribution in [0, 0.1) is 0 Å². The minimum atomic E-state index is -0.394. The Morgan fingerprint density at radius 1 is 0.327 bits per heavy atom. The predicted octanol–water partition coefficient (Wildman–Crippen LogP) is 12.2. The van der Waals surface area contributed by atoms with Crippen LogP contribution < -0.4 is 0 Å². The zero-order valence-electron chi connectivity index (χ0n) is 26.7. The van der Waals surface area contributed by atoms with E-state index >= 15 is 0 Å². The Morgan fingerprint density at radius 3 is 1.57 bits per heavy atom. The van der Waals surface area contributed by atoms with E-state index in [2.05, 4.69) is 176 Å². The summed E-state index contributed by atoms with van der Waals surface area (Å²) in [5.74, 6) is 0. The molecule has 0 aliphatic heterocycles. The van der Waals surface area contributed by atoms with Gasteiger partial charge in [0.1, 0.15) is 0 Å². The Bertz CT molecular complexity index is 2770. The fraction of sp³-hybridized carbons (Fsp3) is 0.0208. The van der Waals surface area contributed by atoms with Crippen molar-refractivity contribution in [1.29, 1.82) is 0 Å². The van der Waals surface area contributed by atoms with E-state index in [0.717, 1.165) is 16.8 Å². The molecule has 0 saturated carbocycles. The predicted molar refractivity (Wildman–Crippen MR) is 204 cm³/mol. The van der Waals surface area contributed by atoms with Gasteiger partial charge in [0.15, 0.2) is 0 Å². The second-order valence-electron chi connectivity index (χ2n) is 13.4. The molecular weight excluding hydrogens is 591 g/mol. The average molecular weight is 620 g/mol. The average Bonchev–Trinajstić information content (AvgIpc) is 3.64. The Hall–Kier alpha value is -6.31. The lowest BCUT2D eigenvalue weighted by molar-refractivity contribution is 0.795. The highest BCUT2D eigenvalue weighted by molar-refractivity contribution is 6.14. The third-order valence-corrected chi connectivity index (χ3v) is 11.1. The number of rotatable bonds is 2. The number of pyridine rings is 1. The highest BCUT2D eigenvalue weighted by atomic mass is 14.7. The van der Waals surface area contributed by atoms with Crippen molar-refractivity contribution in [3.05, 3.63) is 198 Å². The van der Waals surface area contributed by atoms with E-state index in [1.165, 1.54) is 82.6 Å². The molecule has 0 saturated heterocycles. The number of hydrogen-bond acceptors (Lipinski definition) is 1. The van der Waals surface area contributed by atoms with E-state index in [-0.39, 0.29) is 0 Å². The topological polar surface area (TPSA) is 12.9 Å². The van der Waals surface area contributed by atoms with Crippen molar-refractivity contribution in [1.82, 2.24) is 4.98 Å². The van der Waals surface area contributed by atoms with Crippen LogP contribution in [0.5, 0.6) is 0 Å². The minimum Gasteiger partial charge on any atom is -0.247 e. The van der Waals surface area contributed by atoms with E-state index in [0.29, 0.717) is 0 Å². The maximum absolute atomic E-state index is 5.40. The Kier molecular flexibility index (Phi) is 5.38. The molecule has 1 nitrogen and oxygen atoms in total. The molecule has 11 rings (SSSR count). The molecule has 1 heteroatoms. The van der Waals surface area contributed by atoms with Crippen LogP contribution in [0.4, 0.5) is 0 Å². The summed E-state index contributed by atoms with van der Waals surface area (Å²) in [6.45, 7) is 0. The normalized spacial score (nSPS) is 13.5. The van der Waals surface area contributed by atoms with Gasteiger partial charge in [-0.1, -0.05) is 158 Å². The highest BCUT2D eigenvalue weighted by Gasteiger charge is 2.51. The molecule has 2 aliphatic carbocycles. The lowest BCUT2D eigenvalue weighted by Gasteiger charge is -2.30. The molecule has 9 aromatic rings. The van der Waals surface area contributed by atoms with Crippen molar-refractivity contribution in [2.75, 3.05) is 0 Å². The van der Waals surface area contributed by atoms with Gasteiger partial charge in [-0.2, -0.15) is 0 Å². The van der Waals surface area contributed by atoms with E-state index in [1.807, 2.05) is 0 Å². The van der Waals surface area contributed by atoms with Crippen molar-refractivity contribution in [2.24, 2.45) is 0 Å². The van der Waals surface area contributed by atoms with Gasteiger partial charge in [-0.15, -0.1) is 0 Å². The van der Waals surface area contributed by atoms with Gasteiger partial charge in [-0.3, -0.25) is 0 Å². The van der Waals surface area contributed by atoms with E-state index in [1.54, 1.807) is 0 Å².